The molecule has 47 heavy (non-hydrogen) atoms. The number of benzene rings is 1. The molecule has 0 aliphatic heterocycles. The van der Waals surface area contributed by atoms with Crippen LogP contribution in [0.2, 0.25) is 0 Å². The van der Waals surface area contributed by atoms with E-state index < -0.39 is 0 Å². The van der Waals surface area contributed by atoms with Crippen molar-refractivity contribution in [1.82, 2.24) is 0 Å². The largest absolute Gasteiger partial charge is 0.461 e. The average molecular weight is 660 g/mol. The van der Waals surface area contributed by atoms with E-state index in [-0.39, 0.29) is 31.9 Å². The van der Waals surface area contributed by atoms with Crippen molar-refractivity contribution >= 4 is 5.97 Å². The minimum atomic E-state index is -0.357. The summed E-state index contributed by atoms with van der Waals surface area (Å²) in [5.41, 5.74) is 3.06. The van der Waals surface area contributed by atoms with Crippen LogP contribution >= 0.6 is 0 Å². The fourth-order valence-corrected chi connectivity index (χ4v) is 6.36. The molecular formula is C42H75O5. The van der Waals surface area contributed by atoms with Crippen LogP contribution in [0.5, 0.6) is 0 Å². The number of esters is 1. The number of hydrogen-bond acceptors (Lipinski definition) is 5. The third-order valence-corrected chi connectivity index (χ3v) is 9.28. The highest BCUT2D eigenvalue weighted by atomic mass is 16.7. The maximum Gasteiger partial charge on any atom is 0.306 e. The second kappa shape index (κ2) is 31.8. The third kappa shape index (κ3) is 25.2. The first-order chi connectivity index (χ1) is 23.1. The SMILES string of the molecule is C[CH]CCCC(CCCCC)CCCc1cc(CO)cc(COC(=O)CCC(OCCCCCCCC)OCCCCCCCC)c1. The van der Waals surface area contributed by atoms with E-state index in [4.69, 9.17) is 14.2 Å². The van der Waals surface area contributed by atoms with Crippen LogP contribution in [0, 0.1) is 12.3 Å². The smallest absolute Gasteiger partial charge is 0.306 e. The Balaban J connectivity index is 2.57. The maximum absolute atomic E-state index is 12.8. The first kappa shape index (κ1) is 43.6. The molecule has 1 rings (SSSR count). The predicted octanol–water partition coefficient (Wildman–Crippen LogP) is 12.0. The standard InChI is InChI=1S/C42H75O5/c1-5-9-13-15-17-21-30-45-42(46-31-22-18-16-14-10-6-2)29-28-41(44)47-36-40-33-38(32-39(34-40)35-43)27-23-26-37(24-19-11-7-3)25-20-12-8-4/h7,32-34,37,42-43H,5-6,8-31,35-36H2,1-4H3. The van der Waals surface area contributed by atoms with E-state index in [0.29, 0.717) is 19.6 Å². The number of rotatable bonds is 34. The minimum absolute atomic E-state index is 0.00445. The number of unbranched alkanes of at least 4 members (excludes halogenated alkanes) is 14. The molecule has 1 atom stereocenters. The average Bonchev–Trinajstić information content (AvgIpc) is 3.08. The van der Waals surface area contributed by atoms with E-state index >= 15 is 0 Å². The summed E-state index contributed by atoms with van der Waals surface area (Å²) >= 11 is 0. The summed E-state index contributed by atoms with van der Waals surface area (Å²) in [6.45, 7) is 10.5. The normalized spacial score (nSPS) is 11.6. The molecule has 0 saturated carbocycles. The summed E-state index contributed by atoms with van der Waals surface area (Å²) < 4.78 is 17.9. The molecule has 0 amide bonds. The zero-order valence-corrected chi connectivity index (χ0v) is 31.3. The first-order valence-electron chi connectivity index (χ1n) is 19.9. The van der Waals surface area contributed by atoms with E-state index in [2.05, 4.69) is 46.2 Å². The van der Waals surface area contributed by atoms with Crippen molar-refractivity contribution < 1.29 is 24.1 Å². The predicted molar refractivity (Wildman–Crippen MR) is 198 cm³/mol. The Labute approximate surface area is 291 Å². The zero-order chi connectivity index (χ0) is 34.2. The quantitative estimate of drug-likeness (QED) is 0.0453. The number of aliphatic hydroxyl groups excluding tert-OH is 1. The second-order valence-electron chi connectivity index (χ2n) is 13.8. The molecule has 0 saturated heterocycles. The number of aliphatic hydroxyl groups is 1. The summed E-state index contributed by atoms with van der Waals surface area (Å²) in [7, 11) is 0. The molecule has 1 unspecified atom stereocenters. The number of ether oxygens (including phenoxy) is 3. The Morgan fingerprint density at radius 3 is 1.81 bits per heavy atom. The lowest BCUT2D eigenvalue weighted by Crippen LogP contribution is -2.21. The lowest BCUT2D eigenvalue weighted by atomic mass is 9.89. The van der Waals surface area contributed by atoms with Crippen LogP contribution in [0.3, 0.4) is 0 Å². The van der Waals surface area contributed by atoms with Gasteiger partial charge in [0.2, 0.25) is 0 Å². The lowest BCUT2D eigenvalue weighted by Gasteiger charge is -2.19. The molecule has 0 bridgehead atoms. The van der Waals surface area contributed by atoms with E-state index in [0.717, 1.165) is 42.7 Å². The number of carbonyl (C=O) groups is 1. The molecule has 1 aromatic rings. The Hall–Kier alpha value is -1.43. The summed E-state index contributed by atoms with van der Waals surface area (Å²) in [5.74, 6) is 0.577. The van der Waals surface area contributed by atoms with Crippen LogP contribution in [-0.2, 0) is 38.6 Å². The fraction of sp³-hybridized carbons (Fsp3) is 0.810. The highest BCUT2D eigenvalue weighted by Crippen LogP contribution is 2.24. The van der Waals surface area contributed by atoms with Crippen molar-refractivity contribution in [1.29, 1.82) is 0 Å². The third-order valence-electron chi connectivity index (χ3n) is 9.28. The van der Waals surface area contributed by atoms with Crippen molar-refractivity contribution in [3.63, 3.8) is 0 Å². The molecule has 273 valence electrons. The van der Waals surface area contributed by atoms with E-state index in [1.165, 1.54) is 121 Å². The van der Waals surface area contributed by atoms with E-state index in [1.54, 1.807) is 0 Å². The van der Waals surface area contributed by atoms with Crippen LogP contribution in [0.15, 0.2) is 18.2 Å². The van der Waals surface area contributed by atoms with Gasteiger partial charge in [-0.25, -0.2) is 0 Å². The van der Waals surface area contributed by atoms with Gasteiger partial charge < -0.3 is 19.3 Å². The molecule has 0 spiro atoms. The van der Waals surface area contributed by atoms with Gasteiger partial charge in [0.1, 0.15) is 6.61 Å². The highest BCUT2D eigenvalue weighted by Gasteiger charge is 2.15. The molecular weight excluding hydrogens is 584 g/mol. The topological polar surface area (TPSA) is 65.0 Å². The van der Waals surface area contributed by atoms with Crippen LogP contribution < -0.4 is 0 Å². The molecule has 0 fully saturated rings. The summed E-state index contributed by atoms with van der Waals surface area (Å²) in [6, 6.07) is 6.22. The Morgan fingerprint density at radius 1 is 0.660 bits per heavy atom. The van der Waals surface area contributed by atoms with Gasteiger partial charge >= 0.3 is 5.97 Å². The van der Waals surface area contributed by atoms with Gasteiger partial charge in [-0.3, -0.25) is 4.79 Å². The van der Waals surface area contributed by atoms with Crippen molar-refractivity contribution in [3.05, 3.63) is 41.3 Å². The molecule has 1 radical (unpaired) electrons. The van der Waals surface area contributed by atoms with Crippen molar-refractivity contribution in [2.45, 2.75) is 201 Å². The van der Waals surface area contributed by atoms with Gasteiger partial charge in [-0.15, -0.1) is 0 Å². The summed E-state index contributed by atoms with van der Waals surface area (Å²) in [5, 5.41) is 9.91. The molecule has 0 aliphatic carbocycles. The Kier molecular flexibility index (Phi) is 29.5. The minimum Gasteiger partial charge on any atom is -0.461 e. The van der Waals surface area contributed by atoms with Gasteiger partial charge in [-0.2, -0.15) is 0 Å². The molecule has 0 aromatic heterocycles. The summed E-state index contributed by atoms with van der Waals surface area (Å²) in [6.07, 6.45) is 29.9. The van der Waals surface area contributed by atoms with E-state index in [1.807, 2.05) is 6.07 Å². The second-order valence-corrected chi connectivity index (χ2v) is 13.8. The summed E-state index contributed by atoms with van der Waals surface area (Å²) in [4.78, 5) is 12.8. The number of aryl methyl sites for hydroxylation is 1. The molecule has 0 heterocycles. The number of hydrogen-bond donors (Lipinski definition) is 1. The van der Waals surface area contributed by atoms with Gasteiger partial charge in [0, 0.05) is 19.6 Å². The highest BCUT2D eigenvalue weighted by molar-refractivity contribution is 5.69. The van der Waals surface area contributed by atoms with Crippen molar-refractivity contribution in [2.75, 3.05) is 13.2 Å². The zero-order valence-electron chi connectivity index (χ0n) is 31.3. The van der Waals surface area contributed by atoms with Gasteiger partial charge in [-0.05, 0) is 54.7 Å². The van der Waals surface area contributed by atoms with Gasteiger partial charge in [-0.1, -0.05) is 161 Å². The van der Waals surface area contributed by atoms with Crippen LogP contribution in [0.1, 0.15) is 192 Å². The molecule has 1 aromatic carbocycles. The van der Waals surface area contributed by atoms with Gasteiger partial charge in [0.15, 0.2) is 6.29 Å². The number of carbonyl (C=O) groups excluding carboxylic acids is 1. The lowest BCUT2D eigenvalue weighted by molar-refractivity contribution is -0.160. The monoisotopic (exact) mass is 660 g/mol. The van der Waals surface area contributed by atoms with Gasteiger partial charge in [0.25, 0.3) is 0 Å². The van der Waals surface area contributed by atoms with E-state index in [9.17, 15) is 9.90 Å². The molecule has 0 aliphatic rings. The van der Waals surface area contributed by atoms with Crippen LogP contribution in [0.25, 0.3) is 0 Å². The van der Waals surface area contributed by atoms with Crippen LogP contribution in [-0.4, -0.2) is 30.6 Å². The maximum atomic E-state index is 12.8. The Bertz CT molecular complexity index is 812. The Morgan fingerprint density at radius 2 is 1.19 bits per heavy atom. The van der Waals surface area contributed by atoms with Crippen molar-refractivity contribution in [3.8, 4) is 0 Å². The van der Waals surface area contributed by atoms with Crippen molar-refractivity contribution in [2.24, 2.45) is 5.92 Å². The molecule has 5 heteroatoms. The fourth-order valence-electron chi connectivity index (χ4n) is 6.36. The first-order valence-corrected chi connectivity index (χ1v) is 19.9. The molecule has 5 nitrogen and oxygen atoms in total. The van der Waals surface area contributed by atoms with Crippen LogP contribution in [0.4, 0.5) is 0 Å². The van der Waals surface area contributed by atoms with Gasteiger partial charge in [0.05, 0.1) is 13.0 Å². The molecule has 1 N–H and O–H groups in total.